The molecule has 0 saturated carbocycles. The lowest BCUT2D eigenvalue weighted by molar-refractivity contribution is 0.171. The molecule has 1 heterocycles. The normalized spacial score (nSPS) is 12.4. The Labute approximate surface area is 111 Å². The highest BCUT2D eigenvalue weighted by atomic mass is 35.5. The van der Waals surface area contributed by atoms with Crippen molar-refractivity contribution in [3.63, 3.8) is 0 Å². The lowest BCUT2D eigenvalue weighted by atomic mass is 10.0. The number of halogens is 1. The van der Waals surface area contributed by atoms with E-state index >= 15 is 0 Å². The van der Waals surface area contributed by atoms with Gasteiger partial charge in [0.25, 0.3) is 0 Å². The summed E-state index contributed by atoms with van der Waals surface area (Å²) < 4.78 is 6.91. The van der Waals surface area contributed by atoms with Crippen LogP contribution in [0.5, 0.6) is 5.75 Å². The van der Waals surface area contributed by atoms with Crippen LogP contribution in [-0.2, 0) is 13.5 Å². The van der Waals surface area contributed by atoms with Crippen LogP contribution in [0.3, 0.4) is 0 Å². The maximum Gasteiger partial charge on any atom is 0.122 e. The minimum atomic E-state index is -0.668. The van der Waals surface area contributed by atoms with Crippen molar-refractivity contribution in [2.45, 2.75) is 12.5 Å². The number of hydrogen-bond donors (Lipinski definition) is 1. The number of rotatable bonds is 4. The molecule has 0 aliphatic heterocycles. The molecular weight excluding hydrogens is 252 g/mol. The van der Waals surface area contributed by atoms with E-state index < -0.39 is 6.10 Å². The molecule has 4 nitrogen and oxygen atoms in total. The Morgan fingerprint density at radius 1 is 1.44 bits per heavy atom. The molecule has 0 aliphatic carbocycles. The zero-order valence-corrected chi connectivity index (χ0v) is 11.1. The Bertz CT molecular complexity index is 540. The first-order valence-electron chi connectivity index (χ1n) is 5.60. The van der Waals surface area contributed by atoms with E-state index in [0.29, 0.717) is 17.1 Å². The van der Waals surface area contributed by atoms with Crippen LogP contribution in [0.4, 0.5) is 0 Å². The zero-order chi connectivity index (χ0) is 13.1. The summed E-state index contributed by atoms with van der Waals surface area (Å²) in [6.07, 6.45) is 1.55. The molecule has 1 atom stereocenters. The smallest absolute Gasteiger partial charge is 0.122 e. The Hall–Kier alpha value is -1.52. The first kappa shape index (κ1) is 12.9. The van der Waals surface area contributed by atoms with Gasteiger partial charge in [-0.05, 0) is 29.8 Å². The van der Waals surface area contributed by atoms with E-state index in [1.807, 2.05) is 7.05 Å². The summed E-state index contributed by atoms with van der Waals surface area (Å²) in [5.41, 5.74) is 1.50. The topological polar surface area (TPSA) is 47.3 Å². The molecule has 5 heteroatoms. The van der Waals surface area contributed by atoms with Gasteiger partial charge in [-0.15, -0.1) is 0 Å². The number of aliphatic hydroxyl groups excluding tert-OH is 1. The second kappa shape index (κ2) is 5.42. The SMILES string of the molecule is COc1ccc(Cl)cc1CC(O)c1ccn(C)n1. The van der Waals surface area contributed by atoms with E-state index in [-0.39, 0.29) is 0 Å². The molecule has 1 unspecified atom stereocenters. The first-order valence-corrected chi connectivity index (χ1v) is 5.98. The summed E-state index contributed by atoms with van der Waals surface area (Å²) >= 11 is 5.95. The Morgan fingerprint density at radius 2 is 2.22 bits per heavy atom. The number of aliphatic hydroxyl groups is 1. The maximum atomic E-state index is 10.1. The molecule has 0 aliphatic rings. The van der Waals surface area contributed by atoms with Gasteiger partial charge >= 0.3 is 0 Å². The van der Waals surface area contributed by atoms with Crippen LogP contribution in [0, 0.1) is 0 Å². The molecular formula is C13H15ClN2O2. The van der Waals surface area contributed by atoms with Crippen LogP contribution in [0.25, 0.3) is 0 Å². The van der Waals surface area contributed by atoms with Gasteiger partial charge in [-0.3, -0.25) is 4.68 Å². The summed E-state index contributed by atoms with van der Waals surface area (Å²) in [4.78, 5) is 0. The van der Waals surface area contributed by atoms with Crippen molar-refractivity contribution in [2.24, 2.45) is 7.05 Å². The van der Waals surface area contributed by atoms with Crippen molar-refractivity contribution in [3.05, 3.63) is 46.7 Å². The number of nitrogens with zero attached hydrogens (tertiary/aromatic N) is 2. The lowest BCUT2D eigenvalue weighted by Crippen LogP contribution is -2.05. The third-order valence-corrected chi connectivity index (χ3v) is 2.97. The van der Waals surface area contributed by atoms with Crippen LogP contribution in [0.15, 0.2) is 30.5 Å². The van der Waals surface area contributed by atoms with Crippen LogP contribution < -0.4 is 4.74 Å². The highest BCUT2D eigenvalue weighted by molar-refractivity contribution is 6.30. The van der Waals surface area contributed by atoms with Crippen LogP contribution in [0.2, 0.25) is 5.02 Å². The molecule has 2 aromatic rings. The molecule has 1 N–H and O–H groups in total. The van der Waals surface area contributed by atoms with Crippen molar-refractivity contribution in [1.29, 1.82) is 0 Å². The van der Waals surface area contributed by atoms with Crippen molar-refractivity contribution in [2.75, 3.05) is 7.11 Å². The summed E-state index contributed by atoms with van der Waals surface area (Å²) in [5.74, 6) is 0.717. The molecule has 1 aromatic heterocycles. The molecule has 96 valence electrons. The number of aryl methyl sites for hydroxylation is 1. The average molecular weight is 267 g/mol. The predicted molar refractivity (Wildman–Crippen MR) is 69.9 cm³/mol. The molecule has 0 saturated heterocycles. The van der Waals surface area contributed by atoms with E-state index in [4.69, 9.17) is 16.3 Å². The predicted octanol–water partition coefficient (Wildman–Crippen LogP) is 2.36. The number of benzene rings is 1. The Kier molecular flexibility index (Phi) is 3.89. The summed E-state index contributed by atoms with van der Waals surface area (Å²) in [5, 5.41) is 14.9. The second-order valence-electron chi connectivity index (χ2n) is 4.09. The zero-order valence-electron chi connectivity index (χ0n) is 10.3. The third kappa shape index (κ3) is 2.83. The number of ether oxygens (including phenoxy) is 1. The van der Waals surface area contributed by atoms with Gasteiger partial charge < -0.3 is 9.84 Å². The molecule has 2 rings (SSSR count). The first-order chi connectivity index (χ1) is 8.60. The van der Waals surface area contributed by atoms with E-state index in [1.54, 1.807) is 42.3 Å². The van der Waals surface area contributed by atoms with Crippen LogP contribution in [0.1, 0.15) is 17.4 Å². The fourth-order valence-corrected chi connectivity index (χ4v) is 2.03. The molecule has 1 aromatic carbocycles. The molecule has 0 amide bonds. The molecule has 0 bridgehead atoms. The quantitative estimate of drug-likeness (QED) is 0.924. The second-order valence-corrected chi connectivity index (χ2v) is 4.53. The van der Waals surface area contributed by atoms with Crippen molar-refractivity contribution < 1.29 is 9.84 Å². The average Bonchev–Trinajstić information content (AvgIpc) is 2.76. The molecule has 18 heavy (non-hydrogen) atoms. The standard InChI is InChI=1S/C13H15ClN2O2/c1-16-6-5-11(15-16)12(17)8-9-7-10(14)3-4-13(9)18-2/h3-7,12,17H,8H2,1-2H3. The summed E-state index contributed by atoms with van der Waals surface area (Å²) in [6, 6.07) is 7.15. The minimum absolute atomic E-state index is 0.417. The van der Waals surface area contributed by atoms with Gasteiger partial charge in [0.15, 0.2) is 0 Å². The Morgan fingerprint density at radius 3 is 2.83 bits per heavy atom. The van der Waals surface area contributed by atoms with Gasteiger partial charge in [0.1, 0.15) is 11.9 Å². The summed E-state index contributed by atoms with van der Waals surface area (Å²) in [6.45, 7) is 0. The van der Waals surface area contributed by atoms with E-state index in [2.05, 4.69) is 5.10 Å². The monoisotopic (exact) mass is 266 g/mol. The van der Waals surface area contributed by atoms with E-state index in [1.165, 1.54) is 0 Å². The highest BCUT2D eigenvalue weighted by Gasteiger charge is 2.14. The fourth-order valence-electron chi connectivity index (χ4n) is 1.83. The summed E-state index contributed by atoms with van der Waals surface area (Å²) in [7, 11) is 3.41. The van der Waals surface area contributed by atoms with Gasteiger partial charge in [-0.1, -0.05) is 11.6 Å². The lowest BCUT2D eigenvalue weighted by Gasteiger charge is -2.12. The van der Waals surface area contributed by atoms with Crippen molar-refractivity contribution in [3.8, 4) is 5.75 Å². The van der Waals surface area contributed by atoms with E-state index in [0.717, 1.165) is 11.3 Å². The van der Waals surface area contributed by atoms with Gasteiger partial charge in [0, 0.05) is 24.7 Å². The van der Waals surface area contributed by atoms with Crippen LogP contribution >= 0.6 is 11.6 Å². The highest BCUT2D eigenvalue weighted by Crippen LogP contribution is 2.27. The minimum Gasteiger partial charge on any atom is -0.496 e. The maximum absolute atomic E-state index is 10.1. The van der Waals surface area contributed by atoms with Gasteiger partial charge in [0.2, 0.25) is 0 Å². The Balaban J connectivity index is 2.20. The fraction of sp³-hybridized carbons (Fsp3) is 0.308. The number of aromatic nitrogens is 2. The molecule has 0 spiro atoms. The number of methoxy groups -OCH3 is 1. The third-order valence-electron chi connectivity index (χ3n) is 2.73. The van der Waals surface area contributed by atoms with E-state index in [9.17, 15) is 5.11 Å². The van der Waals surface area contributed by atoms with Crippen molar-refractivity contribution in [1.82, 2.24) is 9.78 Å². The molecule has 0 radical (unpaired) electrons. The van der Waals surface area contributed by atoms with Crippen LogP contribution in [-0.4, -0.2) is 22.0 Å². The van der Waals surface area contributed by atoms with Crippen molar-refractivity contribution >= 4 is 11.6 Å². The largest absolute Gasteiger partial charge is 0.496 e. The van der Waals surface area contributed by atoms with Gasteiger partial charge in [-0.25, -0.2) is 0 Å². The van der Waals surface area contributed by atoms with Gasteiger partial charge in [0.05, 0.1) is 12.8 Å². The van der Waals surface area contributed by atoms with Gasteiger partial charge in [-0.2, -0.15) is 5.10 Å². The number of hydrogen-bond acceptors (Lipinski definition) is 3. The molecule has 0 fully saturated rings.